The summed E-state index contributed by atoms with van der Waals surface area (Å²) >= 11 is 4.69. The summed E-state index contributed by atoms with van der Waals surface area (Å²) in [4.78, 5) is 2.75. The molecule has 2 unspecified atom stereocenters. The lowest BCUT2D eigenvalue weighted by Crippen LogP contribution is -2.47. The third kappa shape index (κ3) is 4.45. The van der Waals surface area contributed by atoms with Crippen LogP contribution in [0.4, 0.5) is 0 Å². The zero-order valence-electron chi connectivity index (χ0n) is 12.9. The molecule has 2 atom stereocenters. The molecule has 1 rings (SSSR count). The Hall–Kier alpha value is 0.310. The highest BCUT2D eigenvalue weighted by Crippen LogP contribution is 2.35. The van der Waals surface area contributed by atoms with Crippen molar-refractivity contribution >= 4 is 12.6 Å². The van der Waals surface area contributed by atoms with E-state index in [-0.39, 0.29) is 0 Å². The van der Waals surface area contributed by atoms with Crippen molar-refractivity contribution in [3.8, 4) is 0 Å². The number of nitrogens with zero attached hydrogens (tertiary/aromatic N) is 1. The van der Waals surface area contributed by atoms with Gasteiger partial charge in [-0.15, -0.1) is 0 Å². The van der Waals surface area contributed by atoms with Gasteiger partial charge in [0.25, 0.3) is 0 Å². The van der Waals surface area contributed by atoms with Gasteiger partial charge in [-0.25, -0.2) is 0 Å². The fourth-order valence-corrected chi connectivity index (χ4v) is 4.00. The third-order valence-electron chi connectivity index (χ3n) is 4.68. The predicted octanol–water partition coefficient (Wildman–Crippen LogP) is 4.62. The summed E-state index contributed by atoms with van der Waals surface area (Å²) in [7, 11) is 0. The molecule has 0 spiro atoms. The molecule has 1 fully saturated rings. The zero-order valence-corrected chi connectivity index (χ0v) is 13.8. The Kier molecular flexibility index (Phi) is 7.08. The standard InChI is InChI=1S/C16H33NS/c1-5-9-16(13-18,10-6-2)12-17-11-14(3)7-8-15(17)4/h14-15,18H,5-13H2,1-4H3. The van der Waals surface area contributed by atoms with Crippen LogP contribution in [-0.2, 0) is 0 Å². The molecular formula is C16H33NS. The monoisotopic (exact) mass is 271 g/mol. The molecule has 0 aromatic carbocycles. The smallest absolute Gasteiger partial charge is 0.00673 e. The van der Waals surface area contributed by atoms with Crippen molar-refractivity contribution in [3.05, 3.63) is 0 Å². The van der Waals surface area contributed by atoms with Gasteiger partial charge in [-0.1, -0.05) is 33.6 Å². The van der Waals surface area contributed by atoms with Gasteiger partial charge in [-0.3, -0.25) is 4.90 Å². The van der Waals surface area contributed by atoms with Crippen LogP contribution in [0.3, 0.4) is 0 Å². The number of rotatable bonds is 7. The second kappa shape index (κ2) is 7.79. The number of hydrogen-bond donors (Lipinski definition) is 1. The highest BCUT2D eigenvalue weighted by molar-refractivity contribution is 7.80. The lowest BCUT2D eigenvalue weighted by molar-refractivity contribution is 0.0666. The minimum absolute atomic E-state index is 0.456. The average molecular weight is 272 g/mol. The van der Waals surface area contributed by atoms with Gasteiger partial charge in [0.2, 0.25) is 0 Å². The average Bonchev–Trinajstić information content (AvgIpc) is 2.34. The maximum atomic E-state index is 4.69. The van der Waals surface area contributed by atoms with E-state index in [1.165, 1.54) is 51.6 Å². The lowest BCUT2D eigenvalue weighted by atomic mass is 9.79. The molecule has 1 nitrogen and oxygen atoms in total. The van der Waals surface area contributed by atoms with E-state index >= 15 is 0 Å². The van der Waals surface area contributed by atoms with Crippen molar-refractivity contribution < 1.29 is 0 Å². The summed E-state index contributed by atoms with van der Waals surface area (Å²) in [6.07, 6.45) is 8.04. The van der Waals surface area contributed by atoms with Crippen LogP contribution in [0.25, 0.3) is 0 Å². The largest absolute Gasteiger partial charge is 0.300 e. The van der Waals surface area contributed by atoms with Crippen LogP contribution < -0.4 is 0 Å². The number of likely N-dealkylation sites (tertiary alicyclic amines) is 1. The molecule has 1 aliphatic rings. The number of piperidine rings is 1. The highest BCUT2D eigenvalue weighted by Gasteiger charge is 2.33. The van der Waals surface area contributed by atoms with Crippen LogP contribution in [0, 0.1) is 11.3 Å². The van der Waals surface area contributed by atoms with Gasteiger partial charge in [0, 0.05) is 19.1 Å². The summed E-state index contributed by atoms with van der Waals surface area (Å²) < 4.78 is 0. The van der Waals surface area contributed by atoms with Crippen LogP contribution in [-0.4, -0.2) is 29.8 Å². The third-order valence-corrected chi connectivity index (χ3v) is 5.35. The Labute approximate surface area is 120 Å². The van der Waals surface area contributed by atoms with Crippen LogP contribution in [0.15, 0.2) is 0 Å². The minimum atomic E-state index is 0.456. The first-order valence-corrected chi connectivity index (χ1v) is 8.55. The Balaban J connectivity index is 2.68. The molecule has 0 aromatic heterocycles. The van der Waals surface area contributed by atoms with Crippen molar-refractivity contribution in [3.63, 3.8) is 0 Å². The van der Waals surface area contributed by atoms with E-state index in [4.69, 9.17) is 12.6 Å². The normalized spacial score (nSPS) is 26.5. The first-order chi connectivity index (χ1) is 8.56. The van der Waals surface area contributed by atoms with Crippen molar-refractivity contribution in [1.82, 2.24) is 4.90 Å². The van der Waals surface area contributed by atoms with Crippen LogP contribution in [0.1, 0.15) is 66.2 Å². The van der Waals surface area contributed by atoms with E-state index < -0.39 is 0 Å². The second-order valence-electron chi connectivity index (χ2n) is 6.62. The number of hydrogen-bond acceptors (Lipinski definition) is 2. The quantitative estimate of drug-likeness (QED) is 0.661. The van der Waals surface area contributed by atoms with Gasteiger partial charge in [0.05, 0.1) is 0 Å². The van der Waals surface area contributed by atoms with Crippen LogP contribution >= 0.6 is 12.6 Å². The SMILES string of the molecule is CCCC(CS)(CCC)CN1CC(C)CCC1C. The maximum Gasteiger partial charge on any atom is 0.00673 e. The first kappa shape index (κ1) is 16.4. The summed E-state index contributed by atoms with van der Waals surface area (Å²) in [5, 5.41) is 0. The lowest BCUT2D eigenvalue weighted by Gasteiger charge is -2.44. The zero-order chi connectivity index (χ0) is 13.6. The fraction of sp³-hybridized carbons (Fsp3) is 1.00. The van der Waals surface area contributed by atoms with Gasteiger partial charge in [-0.2, -0.15) is 12.6 Å². The molecule has 0 aliphatic carbocycles. The molecule has 18 heavy (non-hydrogen) atoms. The molecule has 1 aliphatic heterocycles. The van der Waals surface area contributed by atoms with Gasteiger partial charge in [0.15, 0.2) is 0 Å². The van der Waals surface area contributed by atoms with Crippen LogP contribution in [0.5, 0.6) is 0 Å². The number of thiol groups is 1. The molecule has 0 bridgehead atoms. The molecule has 2 heteroatoms. The Morgan fingerprint density at radius 3 is 2.22 bits per heavy atom. The topological polar surface area (TPSA) is 3.24 Å². The summed E-state index contributed by atoms with van der Waals surface area (Å²) in [6.45, 7) is 12.0. The van der Waals surface area contributed by atoms with Crippen molar-refractivity contribution in [2.75, 3.05) is 18.8 Å². The fourth-order valence-electron chi connectivity index (χ4n) is 3.58. The predicted molar refractivity (Wildman–Crippen MR) is 85.5 cm³/mol. The van der Waals surface area contributed by atoms with Gasteiger partial charge in [0.1, 0.15) is 0 Å². The second-order valence-corrected chi connectivity index (χ2v) is 6.94. The van der Waals surface area contributed by atoms with Crippen molar-refractivity contribution in [2.45, 2.75) is 72.3 Å². The summed E-state index contributed by atoms with van der Waals surface area (Å²) in [6, 6.07) is 0.772. The van der Waals surface area contributed by atoms with Gasteiger partial charge < -0.3 is 0 Å². The van der Waals surface area contributed by atoms with Crippen molar-refractivity contribution in [1.29, 1.82) is 0 Å². The molecule has 1 saturated heterocycles. The molecule has 1 heterocycles. The Morgan fingerprint density at radius 1 is 1.11 bits per heavy atom. The Bertz CT molecular complexity index is 223. The maximum absolute atomic E-state index is 4.69. The summed E-state index contributed by atoms with van der Waals surface area (Å²) in [5.41, 5.74) is 0.456. The highest BCUT2D eigenvalue weighted by atomic mass is 32.1. The van der Waals surface area contributed by atoms with E-state index in [2.05, 4.69) is 32.6 Å². The van der Waals surface area contributed by atoms with Gasteiger partial charge >= 0.3 is 0 Å². The molecule has 0 radical (unpaired) electrons. The minimum Gasteiger partial charge on any atom is -0.300 e. The van der Waals surface area contributed by atoms with Crippen LogP contribution in [0.2, 0.25) is 0 Å². The molecular weight excluding hydrogens is 238 g/mol. The van der Waals surface area contributed by atoms with E-state index in [1.807, 2.05) is 0 Å². The van der Waals surface area contributed by atoms with Gasteiger partial charge in [-0.05, 0) is 49.7 Å². The van der Waals surface area contributed by atoms with E-state index in [0.717, 1.165) is 17.7 Å². The summed E-state index contributed by atoms with van der Waals surface area (Å²) in [5.74, 6) is 1.92. The molecule has 0 amide bonds. The molecule has 0 N–H and O–H groups in total. The first-order valence-electron chi connectivity index (χ1n) is 7.91. The molecule has 0 aromatic rings. The molecule has 108 valence electrons. The van der Waals surface area contributed by atoms with E-state index in [9.17, 15) is 0 Å². The van der Waals surface area contributed by atoms with E-state index in [0.29, 0.717) is 5.41 Å². The Morgan fingerprint density at radius 2 is 1.72 bits per heavy atom. The molecule has 0 saturated carbocycles. The van der Waals surface area contributed by atoms with E-state index in [1.54, 1.807) is 0 Å². The van der Waals surface area contributed by atoms with Crippen molar-refractivity contribution in [2.24, 2.45) is 11.3 Å².